The van der Waals surface area contributed by atoms with Crippen LogP contribution in [0.1, 0.15) is 44.2 Å². The minimum absolute atomic E-state index is 0.0191. The zero-order valence-electron chi connectivity index (χ0n) is 16.4. The van der Waals surface area contributed by atoms with E-state index in [0.717, 1.165) is 55.5 Å². The average Bonchev–Trinajstić information content (AvgIpc) is 3.33. The number of likely N-dealkylation sites (tertiary alicyclic amines) is 1. The van der Waals surface area contributed by atoms with Gasteiger partial charge in [0.1, 0.15) is 0 Å². The number of hydrogen-bond acceptors (Lipinski definition) is 6. The Hall–Kier alpha value is -2.74. The molecule has 4 rings (SSSR count). The predicted octanol–water partition coefficient (Wildman–Crippen LogP) is 2.29. The minimum Gasteiger partial charge on any atom is -0.355 e. The summed E-state index contributed by atoms with van der Waals surface area (Å²) in [6.07, 6.45) is 2.80. The smallest absolute Gasteiger partial charge is 0.291 e. The number of aryl methyl sites for hydroxylation is 1. The summed E-state index contributed by atoms with van der Waals surface area (Å²) < 4.78 is 7.38. The molecule has 0 unspecified atom stereocenters. The standard InChI is InChI=1S/C20H26N6O2/c1-3-17-16-6-4-5-7-18(16)26(23-17)20-22-19(28-24-20)15-8-11-25(12-9-15)13-10-21-14(2)27/h4-7,15H,3,8-13H2,1-2H3,(H,21,27). The summed E-state index contributed by atoms with van der Waals surface area (Å²) in [6.45, 7) is 7.14. The number of nitrogens with one attached hydrogen (secondary N) is 1. The molecule has 1 aliphatic rings. The van der Waals surface area contributed by atoms with Crippen LogP contribution in [0.5, 0.6) is 0 Å². The molecule has 1 aromatic carbocycles. The van der Waals surface area contributed by atoms with Crippen molar-refractivity contribution in [1.82, 2.24) is 30.1 Å². The third-order valence-electron chi connectivity index (χ3n) is 5.36. The quantitative estimate of drug-likeness (QED) is 0.704. The Bertz CT molecular complexity index is 955. The fourth-order valence-corrected chi connectivity index (χ4v) is 3.82. The average molecular weight is 382 g/mol. The molecular weight excluding hydrogens is 356 g/mol. The van der Waals surface area contributed by atoms with Crippen molar-refractivity contribution in [3.8, 4) is 5.95 Å². The summed E-state index contributed by atoms with van der Waals surface area (Å²) >= 11 is 0. The van der Waals surface area contributed by atoms with Crippen LogP contribution in [0.4, 0.5) is 0 Å². The molecule has 8 nitrogen and oxygen atoms in total. The summed E-state index contributed by atoms with van der Waals surface area (Å²) in [5, 5.41) is 12.9. The number of amides is 1. The van der Waals surface area contributed by atoms with Crippen molar-refractivity contribution in [2.24, 2.45) is 0 Å². The molecule has 28 heavy (non-hydrogen) atoms. The number of nitrogens with zero attached hydrogens (tertiary/aromatic N) is 5. The molecule has 1 saturated heterocycles. The normalized spacial score (nSPS) is 15.9. The van der Waals surface area contributed by atoms with E-state index in [-0.39, 0.29) is 11.8 Å². The van der Waals surface area contributed by atoms with E-state index in [2.05, 4.69) is 38.4 Å². The Kier molecular flexibility index (Phi) is 5.38. The lowest BCUT2D eigenvalue weighted by Crippen LogP contribution is -2.38. The molecule has 0 radical (unpaired) electrons. The highest BCUT2D eigenvalue weighted by atomic mass is 16.5. The topological polar surface area (TPSA) is 89.1 Å². The van der Waals surface area contributed by atoms with Gasteiger partial charge in [-0.05, 0) is 43.6 Å². The van der Waals surface area contributed by atoms with Crippen molar-refractivity contribution in [3.05, 3.63) is 35.9 Å². The Balaban J connectivity index is 1.44. The van der Waals surface area contributed by atoms with Gasteiger partial charge in [0.2, 0.25) is 11.8 Å². The fraction of sp³-hybridized carbons (Fsp3) is 0.500. The highest BCUT2D eigenvalue weighted by Crippen LogP contribution is 2.28. The van der Waals surface area contributed by atoms with Crippen molar-refractivity contribution in [3.63, 3.8) is 0 Å². The SMILES string of the molecule is CCc1nn(-c2noc(C3CCN(CCNC(C)=O)CC3)n2)c2ccccc12. The molecule has 3 heterocycles. The van der Waals surface area contributed by atoms with E-state index in [4.69, 9.17) is 4.52 Å². The summed E-state index contributed by atoms with van der Waals surface area (Å²) in [5.74, 6) is 1.48. The third kappa shape index (κ3) is 3.77. The molecule has 1 fully saturated rings. The van der Waals surface area contributed by atoms with Crippen LogP contribution in [0.2, 0.25) is 0 Å². The molecular formula is C20H26N6O2. The van der Waals surface area contributed by atoms with Crippen molar-refractivity contribution < 1.29 is 9.32 Å². The van der Waals surface area contributed by atoms with Crippen LogP contribution in [0.15, 0.2) is 28.8 Å². The number of piperidine rings is 1. The lowest BCUT2D eigenvalue weighted by Gasteiger charge is -2.30. The van der Waals surface area contributed by atoms with Gasteiger partial charge in [0, 0.05) is 31.3 Å². The maximum Gasteiger partial charge on any atom is 0.291 e. The van der Waals surface area contributed by atoms with E-state index in [1.165, 1.54) is 0 Å². The first kappa shape index (κ1) is 18.6. The van der Waals surface area contributed by atoms with E-state index in [0.29, 0.717) is 18.4 Å². The fourth-order valence-electron chi connectivity index (χ4n) is 3.82. The highest BCUT2D eigenvalue weighted by molar-refractivity contribution is 5.83. The van der Waals surface area contributed by atoms with Gasteiger partial charge < -0.3 is 14.7 Å². The lowest BCUT2D eigenvalue weighted by atomic mass is 9.97. The van der Waals surface area contributed by atoms with E-state index >= 15 is 0 Å². The van der Waals surface area contributed by atoms with E-state index < -0.39 is 0 Å². The van der Waals surface area contributed by atoms with Gasteiger partial charge >= 0.3 is 0 Å². The molecule has 148 valence electrons. The van der Waals surface area contributed by atoms with Crippen molar-refractivity contribution >= 4 is 16.8 Å². The lowest BCUT2D eigenvalue weighted by molar-refractivity contribution is -0.119. The molecule has 0 spiro atoms. The third-order valence-corrected chi connectivity index (χ3v) is 5.36. The van der Waals surface area contributed by atoms with Crippen LogP contribution in [0.25, 0.3) is 16.9 Å². The van der Waals surface area contributed by atoms with Crippen molar-refractivity contribution in [1.29, 1.82) is 0 Å². The largest absolute Gasteiger partial charge is 0.355 e. The Morgan fingerprint density at radius 1 is 1.29 bits per heavy atom. The van der Waals surface area contributed by atoms with Gasteiger partial charge in [-0.2, -0.15) is 14.8 Å². The van der Waals surface area contributed by atoms with Crippen LogP contribution < -0.4 is 5.32 Å². The number of hydrogen-bond donors (Lipinski definition) is 1. The maximum atomic E-state index is 11.0. The van der Waals surface area contributed by atoms with Gasteiger partial charge in [0.15, 0.2) is 0 Å². The number of carbonyl (C=O) groups is 1. The predicted molar refractivity (Wildman–Crippen MR) is 105 cm³/mol. The molecule has 8 heteroatoms. The molecule has 0 aliphatic carbocycles. The zero-order valence-corrected chi connectivity index (χ0v) is 16.4. The van der Waals surface area contributed by atoms with Gasteiger partial charge in [-0.25, -0.2) is 0 Å². The molecule has 3 aromatic rings. The summed E-state index contributed by atoms with van der Waals surface area (Å²) in [5.41, 5.74) is 2.04. The number of aromatic nitrogens is 4. The maximum absolute atomic E-state index is 11.0. The van der Waals surface area contributed by atoms with Crippen LogP contribution in [0, 0.1) is 0 Å². The summed E-state index contributed by atoms with van der Waals surface area (Å²) in [4.78, 5) is 18.0. The second kappa shape index (κ2) is 8.10. The number of carbonyl (C=O) groups excluding carboxylic acids is 1. The second-order valence-corrected chi connectivity index (χ2v) is 7.26. The number of para-hydroxylation sites is 1. The first-order valence-electron chi connectivity index (χ1n) is 9.93. The summed E-state index contributed by atoms with van der Waals surface area (Å²) in [6, 6.07) is 8.13. The molecule has 1 N–H and O–H groups in total. The monoisotopic (exact) mass is 382 g/mol. The van der Waals surface area contributed by atoms with Crippen molar-refractivity contribution in [2.45, 2.75) is 39.0 Å². The van der Waals surface area contributed by atoms with Gasteiger partial charge in [-0.3, -0.25) is 4.79 Å². The van der Waals surface area contributed by atoms with Crippen molar-refractivity contribution in [2.75, 3.05) is 26.2 Å². The first-order chi connectivity index (χ1) is 13.7. The number of rotatable bonds is 6. The van der Waals surface area contributed by atoms with Crippen LogP contribution in [-0.2, 0) is 11.2 Å². The van der Waals surface area contributed by atoms with Crippen LogP contribution >= 0.6 is 0 Å². The molecule has 1 aliphatic heterocycles. The highest BCUT2D eigenvalue weighted by Gasteiger charge is 2.26. The number of benzene rings is 1. The second-order valence-electron chi connectivity index (χ2n) is 7.26. The Morgan fingerprint density at radius 2 is 2.07 bits per heavy atom. The van der Waals surface area contributed by atoms with Gasteiger partial charge in [0.25, 0.3) is 5.95 Å². The Labute approximate surface area is 163 Å². The minimum atomic E-state index is 0.0191. The van der Waals surface area contributed by atoms with E-state index in [9.17, 15) is 4.79 Å². The van der Waals surface area contributed by atoms with Gasteiger partial charge in [0.05, 0.1) is 11.2 Å². The molecule has 0 atom stereocenters. The first-order valence-corrected chi connectivity index (χ1v) is 9.93. The molecule has 0 saturated carbocycles. The van der Waals surface area contributed by atoms with E-state index in [1.807, 2.05) is 18.2 Å². The molecule has 2 aromatic heterocycles. The van der Waals surface area contributed by atoms with Gasteiger partial charge in [-0.1, -0.05) is 25.1 Å². The van der Waals surface area contributed by atoms with Gasteiger partial charge in [-0.15, -0.1) is 0 Å². The Morgan fingerprint density at radius 3 is 2.82 bits per heavy atom. The molecule has 1 amide bonds. The molecule has 0 bridgehead atoms. The van der Waals surface area contributed by atoms with Crippen LogP contribution in [-0.4, -0.2) is 56.9 Å². The van der Waals surface area contributed by atoms with Crippen LogP contribution in [0.3, 0.4) is 0 Å². The summed E-state index contributed by atoms with van der Waals surface area (Å²) in [7, 11) is 0. The zero-order chi connectivity index (χ0) is 19.5. The van der Waals surface area contributed by atoms with E-state index in [1.54, 1.807) is 11.6 Å². The number of fused-ring (bicyclic) bond motifs is 1.